The van der Waals surface area contributed by atoms with Gasteiger partial charge in [0.05, 0.1) is 15.5 Å². The Morgan fingerprint density at radius 2 is 1.84 bits per heavy atom. The molecule has 0 aliphatic heterocycles. The molecule has 1 aliphatic carbocycles. The number of hydrogen-bond acceptors (Lipinski definition) is 4. The van der Waals surface area contributed by atoms with Gasteiger partial charge in [0.15, 0.2) is 5.69 Å². The second-order valence-electron chi connectivity index (χ2n) is 7.17. The molecule has 6 nitrogen and oxygen atoms in total. The second kappa shape index (κ2) is 6.63. The Bertz CT molecular complexity index is 1120. The largest absolute Gasteiger partial charge is 0.370 e. The summed E-state index contributed by atoms with van der Waals surface area (Å²) in [4.78, 5) is 9.82. The first-order valence-corrected chi connectivity index (χ1v) is 11.6. The van der Waals surface area contributed by atoms with Crippen LogP contribution in [0.1, 0.15) is 37.4 Å². The second-order valence-corrected chi connectivity index (χ2v) is 10.4. The van der Waals surface area contributed by atoms with E-state index in [-0.39, 0.29) is 34.9 Å². The van der Waals surface area contributed by atoms with Crippen molar-refractivity contribution in [3.8, 4) is 11.8 Å². The molecule has 170 valence electrons. The standard InChI is InChI=1S/C17H16Cl2F5N5OS/c1-2-5-27-15-13(17(3-4-17)16(26)30)12(8-25)28-29(15)14-10(18)6-9(7-11(14)19)31(20,21,22,23)24/h6-7,27H,2-5H2,1H3,(H2,26,30). The molecule has 3 rings (SSSR count). The maximum Gasteiger partial charge on any atom is 0.310 e. The summed E-state index contributed by atoms with van der Waals surface area (Å²) < 4.78 is 67.0. The van der Waals surface area contributed by atoms with Crippen molar-refractivity contribution in [3.63, 3.8) is 0 Å². The molecule has 0 spiro atoms. The molecule has 1 heterocycles. The van der Waals surface area contributed by atoms with Gasteiger partial charge in [-0.15, -0.1) is 0 Å². The van der Waals surface area contributed by atoms with Crippen molar-refractivity contribution in [3.05, 3.63) is 33.4 Å². The van der Waals surface area contributed by atoms with Gasteiger partial charge in [-0.05, 0) is 31.4 Å². The third-order valence-electron chi connectivity index (χ3n) is 4.88. The lowest BCUT2D eigenvalue weighted by Gasteiger charge is -2.40. The first kappa shape index (κ1) is 23.4. The average Bonchev–Trinajstić information content (AvgIpc) is 3.34. The summed E-state index contributed by atoms with van der Waals surface area (Å²) in [6.45, 7) is 2.15. The lowest BCUT2D eigenvalue weighted by atomic mass is 9.94. The molecule has 1 fully saturated rings. The highest BCUT2D eigenvalue weighted by Crippen LogP contribution is 3.02. The molecule has 0 radical (unpaired) electrons. The predicted molar refractivity (Wildman–Crippen MR) is 109 cm³/mol. The maximum absolute atomic E-state index is 13.2. The maximum atomic E-state index is 13.2. The highest BCUT2D eigenvalue weighted by Gasteiger charge is 2.65. The van der Waals surface area contributed by atoms with Gasteiger partial charge in [-0.25, -0.2) is 4.68 Å². The Hall–Kier alpha value is -2.23. The third kappa shape index (κ3) is 4.14. The van der Waals surface area contributed by atoms with Gasteiger partial charge in [0, 0.05) is 12.1 Å². The number of anilines is 1. The van der Waals surface area contributed by atoms with E-state index in [0.29, 0.717) is 25.8 Å². The summed E-state index contributed by atoms with van der Waals surface area (Å²) >= 11 is 11.9. The van der Waals surface area contributed by atoms with E-state index in [1.54, 1.807) is 0 Å². The molecule has 1 aromatic heterocycles. The molecule has 1 aromatic carbocycles. The van der Waals surface area contributed by atoms with E-state index in [0.717, 1.165) is 4.68 Å². The van der Waals surface area contributed by atoms with Gasteiger partial charge in [0.25, 0.3) is 0 Å². The van der Waals surface area contributed by atoms with Crippen molar-refractivity contribution in [2.75, 3.05) is 11.9 Å². The molecule has 31 heavy (non-hydrogen) atoms. The Labute approximate surface area is 183 Å². The molecule has 2 aromatic rings. The number of primary amides is 1. The topological polar surface area (TPSA) is 96.7 Å². The fourth-order valence-electron chi connectivity index (χ4n) is 3.23. The SMILES string of the molecule is CCCNc1c(C2(C(N)=O)CC2)c(C#N)nn1-c1c(Cl)cc(S(F)(F)(F)(F)F)cc1Cl. The first-order chi connectivity index (χ1) is 14.1. The average molecular weight is 504 g/mol. The zero-order chi connectivity index (χ0) is 23.5. The van der Waals surface area contributed by atoms with Crippen LogP contribution in [0, 0.1) is 11.3 Å². The number of rotatable bonds is 7. The molecule has 0 bridgehead atoms. The number of nitrogens with two attached hydrogens (primary N) is 1. The van der Waals surface area contributed by atoms with E-state index in [1.165, 1.54) is 0 Å². The molecule has 0 unspecified atom stereocenters. The summed E-state index contributed by atoms with van der Waals surface area (Å²) in [5.41, 5.74) is 3.95. The van der Waals surface area contributed by atoms with Gasteiger partial charge < -0.3 is 11.1 Å². The molecule has 3 N–H and O–H groups in total. The summed E-state index contributed by atoms with van der Waals surface area (Å²) in [7, 11) is -10.0. The van der Waals surface area contributed by atoms with E-state index < -0.39 is 36.5 Å². The minimum absolute atomic E-state index is 0.0578. The van der Waals surface area contributed by atoms with Crippen LogP contribution in [0.2, 0.25) is 10.0 Å². The third-order valence-corrected chi connectivity index (χ3v) is 6.58. The first-order valence-electron chi connectivity index (χ1n) is 8.86. The van der Waals surface area contributed by atoms with Crippen LogP contribution in [-0.2, 0) is 10.2 Å². The van der Waals surface area contributed by atoms with E-state index in [9.17, 15) is 29.5 Å². The van der Waals surface area contributed by atoms with E-state index >= 15 is 0 Å². The number of aromatic nitrogens is 2. The van der Waals surface area contributed by atoms with Crippen LogP contribution in [0.5, 0.6) is 0 Å². The molecule has 0 atom stereocenters. The van der Waals surface area contributed by atoms with Crippen molar-refractivity contribution in [1.29, 1.82) is 5.26 Å². The molecular formula is C17H16Cl2F5N5OS. The van der Waals surface area contributed by atoms with Crippen LogP contribution >= 0.6 is 33.4 Å². The smallest absolute Gasteiger partial charge is 0.310 e. The molecule has 1 aliphatic rings. The van der Waals surface area contributed by atoms with Crippen LogP contribution in [0.25, 0.3) is 5.69 Å². The summed E-state index contributed by atoms with van der Waals surface area (Å²) in [6.07, 6.45) is 1.28. The van der Waals surface area contributed by atoms with Gasteiger partial charge in [0.1, 0.15) is 22.5 Å². The summed E-state index contributed by atoms with van der Waals surface area (Å²) in [6, 6.07) is 1.95. The van der Waals surface area contributed by atoms with Gasteiger partial charge in [-0.1, -0.05) is 49.6 Å². The van der Waals surface area contributed by atoms with Crippen molar-refractivity contribution in [2.45, 2.75) is 36.5 Å². The van der Waals surface area contributed by atoms with Crippen molar-refractivity contribution < 1.29 is 24.2 Å². The quantitative estimate of drug-likeness (QED) is 0.449. The number of amides is 1. The van der Waals surface area contributed by atoms with Crippen molar-refractivity contribution in [2.24, 2.45) is 5.73 Å². The van der Waals surface area contributed by atoms with Crippen LogP contribution in [0.3, 0.4) is 0 Å². The van der Waals surface area contributed by atoms with Gasteiger partial charge >= 0.3 is 10.2 Å². The number of hydrogen-bond donors (Lipinski definition) is 2. The Kier molecular flexibility index (Phi) is 5.01. The molecule has 14 heteroatoms. The summed E-state index contributed by atoms with van der Waals surface area (Å²) in [5, 5.41) is 15.0. The Morgan fingerprint density at radius 3 is 2.23 bits per heavy atom. The highest BCUT2D eigenvalue weighted by molar-refractivity contribution is 8.45. The van der Waals surface area contributed by atoms with E-state index in [1.807, 2.05) is 13.0 Å². The normalized spacial score (nSPS) is 17.4. The zero-order valence-electron chi connectivity index (χ0n) is 15.9. The minimum Gasteiger partial charge on any atom is -0.370 e. The molecular weight excluding hydrogens is 488 g/mol. The number of nitriles is 1. The van der Waals surface area contributed by atoms with Crippen LogP contribution in [0.4, 0.5) is 25.2 Å². The Morgan fingerprint density at radius 1 is 1.29 bits per heavy atom. The molecule has 1 saturated carbocycles. The Balaban J connectivity index is 2.31. The number of benzene rings is 1. The van der Waals surface area contributed by atoms with Gasteiger partial charge in [-0.3, -0.25) is 4.79 Å². The van der Waals surface area contributed by atoms with E-state index in [4.69, 9.17) is 28.9 Å². The van der Waals surface area contributed by atoms with Gasteiger partial charge in [-0.2, -0.15) is 10.4 Å². The highest BCUT2D eigenvalue weighted by atomic mass is 35.5. The fraction of sp³-hybridized carbons (Fsp3) is 0.353. The van der Waals surface area contributed by atoms with Gasteiger partial charge in [0.2, 0.25) is 5.91 Å². The van der Waals surface area contributed by atoms with Crippen LogP contribution in [0.15, 0.2) is 17.0 Å². The number of nitrogens with zero attached hydrogens (tertiary/aromatic N) is 3. The number of carbonyl (C=O) groups is 1. The fourth-order valence-corrected chi connectivity index (χ4v) is 4.69. The lowest BCUT2D eigenvalue weighted by Crippen LogP contribution is -2.29. The number of carbonyl (C=O) groups excluding carboxylic acids is 1. The monoisotopic (exact) mass is 503 g/mol. The molecule has 1 amide bonds. The number of nitrogens with one attached hydrogen (secondary N) is 1. The van der Waals surface area contributed by atoms with Crippen molar-refractivity contribution >= 4 is 45.2 Å². The number of halogens is 7. The predicted octanol–water partition coefficient (Wildman–Crippen LogP) is 6.05. The minimum atomic E-state index is -10.0. The molecule has 0 saturated heterocycles. The van der Waals surface area contributed by atoms with E-state index in [2.05, 4.69) is 10.4 Å². The van der Waals surface area contributed by atoms with Crippen molar-refractivity contribution in [1.82, 2.24) is 9.78 Å². The van der Waals surface area contributed by atoms with Crippen LogP contribution in [-0.4, -0.2) is 22.2 Å². The lowest BCUT2D eigenvalue weighted by molar-refractivity contribution is -0.120. The zero-order valence-corrected chi connectivity index (χ0v) is 18.2. The summed E-state index contributed by atoms with van der Waals surface area (Å²) in [5.74, 6) is -0.616. The van der Waals surface area contributed by atoms with Crippen LogP contribution < -0.4 is 11.1 Å².